The lowest BCUT2D eigenvalue weighted by Crippen LogP contribution is -2.59. The number of hydrogen-bond donors (Lipinski definition) is 5. The summed E-state index contributed by atoms with van der Waals surface area (Å²) in [6.07, 6.45) is 4.64. The molecule has 0 saturated heterocycles. The van der Waals surface area contributed by atoms with Crippen molar-refractivity contribution in [2.24, 2.45) is 17.4 Å². The van der Waals surface area contributed by atoms with Crippen LogP contribution in [0.1, 0.15) is 44.9 Å². The number of nitrogens with one attached hydrogen (secondary N) is 1. The second-order valence-corrected chi connectivity index (χ2v) is 5.30. The Kier molecular flexibility index (Phi) is 5.84. The summed E-state index contributed by atoms with van der Waals surface area (Å²) in [6, 6.07) is 0. The van der Waals surface area contributed by atoms with E-state index in [2.05, 4.69) is 5.32 Å². The smallest absolute Gasteiger partial charge is 0.404 e. The summed E-state index contributed by atoms with van der Waals surface area (Å²) < 4.78 is 0. The van der Waals surface area contributed by atoms with Crippen molar-refractivity contribution in [2.75, 3.05) is 6.54 Å². The van der Waals surface area contributed by atoms with Gasteiger partial charge in [0.25, 0.3) is 0 Å². The lowest BCUT2D eigenvalue weighted by atomic mass is 9.77. The molecule has 1 aliphatic carbocycles. The van der Waals surface area contributed by atoms with E-state index in [0.717, 1.165) is 38.5 Å². The van der Waals surface area contributed by atoms with E-state index in [1.807, 2.05) is 0 Å². The van der Waals surface area contributed by atoms with Gasteiger partial charge in [-0.2, -0.15) is 0 Å². The molecule has 7 N–H and O–H groups in total. The molecule has 18 heavy (non-hydrogen) atoms. The summed E-state index contributed by atoms with van der Waals surface area (Å²) in [6.45, 7) is 0.140. The highest BCUT2D eigenvalue weighted by Gasteiger charge is 2.38. The van der Waals surface area contributed by atoms with Gasteiger partial charge in [0.2, 0.25) is 0 Å². The SMILES string of the molecule is NC(O)C1CCCCCCC[C@]1(N)CNC(=O)O. The molecule has 0 aliphatic heterocycles. The van der Waals surface area contributed by atoms with E-state index in [1.165, 1.54) is 0 Å². The highest BCUT2D eigenvalue weighted by atomic mass is 16.4. The van der Waals surface area contributed by atoms with Gasteiger partial charge in [-0.1, -0.05) is 32.1 Å². The van der Waals surface area contributed by atoms with Crippen LogP contribution in [-0.2, 0) is 0 Å². The predicted molar refractivity (Wildman–Crippen MR) is 68.9 cm³/mol. The van der Waals surface area contributed by atoms with Crippen LogP contribution < -0.4 is 16.8 Å². The van der Waals surface area contributed by atoms with Gasteiger partial charge in [-0.3, -0.25) is 0 Å². The van der Waals surface area contributed by atoms with E-state index in [4.69, 9.17) is 16.6 Å². The van der Waals surface area contributed by atoms with Crippen LogP contribution in [0.25, 0.3) is 0 Å². The molecule has 0 spiro atoms. The van der Waals surface area contributed by atoms with Crippen LogP contribution in [0, 0.1) is 5.92 Å². The minimum atomic E-state index is -1.09. The van der Waals surface area contributed by atoms with E-state index in [0.29, 0.717) is 6.42 Å². The van der Waals surface area contributed by atoms with Crippen LogP contribution in [0.4, 0.5) is 4.79 Å². The summed E-state index contributed by atoms with van der Waals surface area (Å²) in [5, 5.41) is 20.7. The van der Waals surface area contributed by atoms with E-state index in [9.17, 15) is 9.90 Å². The summed E-state index contributed by atoms with van der Waals surface area (Å²) in [4.78, 5) is 10.6. The quantitative estimate of drug-likeness (QED) is 0.475. The zero-order valence-corrected chi connectivity index (χ0v) is 10.8. The summed E-state index contributed by atoms with van der Waals surface area (Å²) >= 11 is 0. The van der Waals surface area contributed by atoms with Crippen molar-refractivity contribution in [3.63, 3.8) is 0 Å². The average Bonchev–Trinajstić information content (AvgIpc) is 2.37. The molecule has 6 nitrogen and oxygen atoms in total. The lowest BCUT2D eigenvalue weighted by Gasteiger charge is -2.39. The second-order valence-electron chi connectivity index (χ2n) is 5.30. The van der Waals surface area contributed by atoms with Gasteiger partial charge in [0.15, 0.2) is 0 Å². The van der Waals surface area contributed by atoms with Gasteiger partial charge in [-0.15, -0.1) is 0 Å². The van der Waals surface area contributed by atoms with Crippen molar-refractivity contribution in [3.8, 4) is 0 Å². The molecule has 1 saturated carbocycles. The van der Waals surface area contributed by atoms with Gasteiger partial charge in [-0.05, 0) is 12.8 Å². The van der Waals surface area contributed by atoms with Crippen LogP contribution in [0.15, 0.2) is 0 Å². The van der Waals surface area contributed by atoms with Crippen LogP contribution in [0.3, 0.4) is 0 Å². The highest BCUT2D eigenvalue weighted by molar-refractivity contribution is 5.64. The first-order valence-corrected chi connectivity index (χ1v) is 6.65. The van der Waals surface area contributed by atoms with E-state index >= 15 is 0 Å². The molecule has 1 aliphatic rings. The largest absolute Gasteiger partial charge is 0.465 e. The molecule has 0 bridgehead atoms. The number of hydrogen-bond acceptors (Lipinski definition) is 4. The van der Waals surface area contributed by atoms with Crippen molar-refractivity contribution in [3.05, 3.63) is 0 Å². The summed E-state index contributed by atoms with van der Waals surface area (Å²) in [5.74, 6) is -0.262. The van der Waals surface area contributed by atoms with Crippen molar-refractivity contribution >= 4 is 6.09 Å². The number of aliphatic hydroxyl groups excluding tert-OH is 1. The van der Waals surface area contributed by atoms with Crippen molar-refractivity contribution in [2.45, 2.75) is 56.7 Å². The highest BCUT2D eigenvalue weighted by Crippen LogP contribution is 2.30. The third kappa shape index (κ3) is 4.44. The number of nitrogens with two attached hydrogens (primary N) is 2. The molecule has 1 amide bonds. The first-order valence-electron chi connectivity index (χ1n) is 6.65. The topological polar surface area (TPSA) is 122 Å². The zero-order valence-electron chi connectivity index (χ0n) is 10.8. The second kappa shape index (κ2) is 6.92. The normalized spacial score (nSPS) is 31.8. The monoisotopic (exact) mass is 259 g/mol. The van der Waals surface area contributed by atoms with Gasteiger partial charge in [0, 0.05) is 18.0 Å². The van der Waals surface area contributed by atoms with Gasteiger partial charge >= 0.3 is 6.09 Å². The Hall–Kier alpha value is -0.850. The fraction of sp³-hybridized carbons (Fsp3) is 0.917. The maximum atomic E-state index is 10.6. The molecule has 106 valence electrons. The minimum Gasteiger partial charge on any atom is -0.465 e. The van der Waals surface area contributed by atoms with Crippen molar-refractivity contribution in [1.29, 1.82) is 0 Å². The first-order chi connectivity index (χ1) is 8.46. The molecule has 1 fully saturated rings. The maximum Gasteiger partial charge on any atom is 0.404 e. The molecule has 0 aromatic heterocycles. The molecule has 3 atom stereocenters. The number of amides is 1. The van der Waals surface area contributed by atoms with Crippen LogP contribution in [0.5, 0.6) is 0 Å². The Balaban J connectivity index is 2.77. The van der Waals surface area contributed by atoms with E-state index < -0.39 is 17.9 Å². The predicted octanol–water partition coefficient (Wildman–Crippen LogP) is 0.589. The summed E-state index contributed by atoms with van der Waals surface area (Å²) in [7, 11) is 0. The standard InChI is InChI=1S/C12H25N3O3/c13-10(16)9-6-4-2-1-3-5-7-12(9,14)8-15-11(17)18/h9-10,15-16H,1-8,13-14H2,(H,17,18)/t9?,10?,12-/m0/s1. The van der Waals surface area contributed by atoms with Crippen LogP contribution in [-0.4, -0.2) is 34.6 Å². The fourth-order valence-corrected chi connectivity index (χ4v) is 2.79. The number of carbonyl (C=O) groups is 1. The maximum absolute atomic E-state index is 10.6. The van der Waals surface area contributed by atoms with Crippen LogP contribution in [0.2, 0.25) is 0 Å². The molecule has 0 aromatic carbocycles. The molecule has 0 aromatic rings. The molecule has 2 unspecified atom stereocenters. The number of rotatable bonds is 3. The third-order valence-corrected chi connectivity index (χ3v) is 3.88. The van der Waals surface area contributed by atoms with E-state index in [-0.39, 0.29) is 12.5 Å². The summed E-state index contributed by atoms with van der Waals surface area (Å²) in [5.41, 5.74) is 11.2. The Morgan fingerprint density at radius 1 is 1.33 bits per heavy atom. The first kappa shape index (κ1) is 15.2. The zero-order chi connectivity index (χ0) is 13.6. The minimum absolute atomic E-state index is 0.140. The van der Waals surface area contributed by atoms with Crippen molar-refractivity contribution < 1.29 is 15.0 Å². The van der Waals surface area contributed by atoms with E-state index in [1.54, 1.807) is 0 Å². The van der Waals surface area contributed by atoms with Gasteiger partial charge < -0.3 is 27.0 Å². The Morgan fingerprint density at radius 3 is 2.56 bits per heavy atom. The average molecular weight is 259 g/mol. The number of carboxylic acid groups (broad SMARTS) is 1. The van der Waals surface area contributed by atoms with Gasteiger partial charge in [0.05, 0.1) is 0 Å². The number of aliphatic hydroxyl groups is 1. The molecular weight excluding hydrogens is 234 g/mol. The molecule has 6 heteroatoms. The van der Waals surface area contributed by atoms with Crippen LogP contribution >= 0.6 is 0 Å². The molecule has 0 heterocycles. The molecule has 0 radical (unpaired) electrons. The third-order valence-electron chi connectivity index (χ3n) is 3.88. The Bertz CT molecular complexity index is 273. The van der Waals surface area contributed by atoms with Gasteiger partial charge in [0.1, 0.15) is 6.23 Å². The lowest BCUT2D eigenvalue weighted by molar-refractivity contribution is 0.0515. The molecular formula is C12H25N3O3. The van der Waals surface area contributed by atoms with Crippen molar-refractivity contribution in [1.82, 2.24) is 5.32 Å². The molecule has 1 rings (SSSR count). The fourth-order valence-electron chi connectivity index (χ4n) is 2.79. The Labute approximate surface area is 108 Å². The van der Waals surface area contributed by atoms with Gasteiger partial charge in [-0.25, -0.2) is 4.79 Å². The Morgan fingerprint density at radius 2 is 1.94 bits per heavy atom.